The molecule has 4 nitrogen and oxygen atoms in total. The largest absolute Gasteiger partial charge is 0.355 e. The quantitative estimate of drug-likeness (QED) is 0.567. The van der Waals surface area contributed by atoms with E-state index in [2.05, 4.69) is 42.9 Å². The fourth-order valence-electron chi connectivity index (χ4n) is 1.85. The summed E-state index contributed by atoms with van der Waals surface area (Å²) in [7, 11) is 5.81. The van der Waals surface area contributed by atoms with Gasteiger partial charge in [0.2, 0.25) is 0 Å². The number of guanidine groups is 1. The maximum atomic E-state index is 4.19. The molecule has 0 unspecified atom stereocenters. The van der Waals surface area contributed by atoms with E-state index in [0.717, 1.165) is 19.0 Å². The van der Waals surface area contributed by atoms with E-state index in [9.17, 15) is 0 Å². The summed E-state index contributed by atoms with van der Waals surface area (Å²) in [6.07, 6.45) is 0. The minimum absolute atomic E-state index is 0.586. The van der Waals surface area contributed by atoms with Gasteiger partial charge in [0.05, 0.1) is 0 Å². The molecule has 0 aliphatic heterocycles. The van der Waals surface area contributed by atoms with Crippen LogP contribution in [-0.4, -0.2) is 62.1 Å². The van der Waals surface area contributed by atoms with Gasteiger partial charge in [0.1, 0.15) is 0 Å². The van der Waals surface area contributed by atoms with E-state index in [1.54, 1.807) is 0 Å². The van der Waals surface area contributed by atoms with Crippen molar-refractivity contribution < 1.29 is 0 Å². The van der Waals surface area contributed by atoms with Gasteiger partial charge in [0.25, 0.3) is 0 Å². The average molecular weight is 228 g/mol. The molecular weight excluding hydrogens is 200 g/mol. The van der Waals surface area contributed by atoms with Crippen molar-refractivity contribution in [3.63, 3.8) is 0 Å². The minimum Gasteiger partial charge on any atom is -0.355 e. The summed E-state index contributed by atoms with van der Waals surface area (Å²) in [6, 6.07) is 1.17. The topological polar surface area (TPSA) is 30.9 Å². The van der Waals surface area contributed by atoms with E-state index in [1.165, 1.54) is 0 Å². The molecule has 1 N–H and O–H groups in total. The van der Waals surface area contributed by atoms with Crippen molar-refractivity contribution in [1.29, 1.82) is 0 Å². The second-order valence-corrected chi connectivity index (χ2v) is 4.79. The number of nitrogens with one attached hydrogen (secondary N) is 1. The predicted molar refractivity (Wildman–Crippen MR) is 72.0 cm³/mol. The maximum Gasteiger partial charge on any atom is 0.193 e. The third-order valence-corrected chi connectivity index (χ3v) is 2.62. The lowest BCUT2D eigenvalue weighted by atomic mass is 10.2. The zero-order valence-corrected chi connectivity index (χ0v) is 11.9. The number of rotatable bonds is 5. The Hall–Kier alpha value is -0.770. The van der Waals surface area contributed by atoms with Crippen LogP contribution >= 0.6 is 0 Å². The highest BCUT2D eigenvalue weighted by Crippen LogP contribution is 2.03. The Bertz CT molecular complexity index is 201. The van der Waals surface area contributed by atoms with Gasteiger partial charge in [-0.25, -0.2) is 0 Å². The average Bonchev–Trinajstić information content (AvgIpc) is 2.15. The van der Waals surface area contributed by atoms with E-state index >= 15 is 0 Å². The Morgan fingerprint density at radius 3 is 1.94 bits per heavy atom. The van der Waals surface area contributed by atoms with Crippen LogP contribution in [0.3, 0.4) is 0 Å². The third kappa shape index (κ3) is 5.35. The van der Waals surface area contributed by atoms with Crippen LogP contribution in [-0.2, 0) is 0 Å². The molecule has 0 aliphatic carbocycles. The summed E-state index contributed by atoms with van der Waals surface area (Å²) < 4.78 is 0. The van der Waals surface area contributed by atoms with Gasteiger partial charge in [0.15, 0.2) is 5.96 Å². The molecule has 96 valence electrons. The van der Waals surface area contributed by atoms with Gasteiger partial charge < -0.3 is 10.2 Å². The lowest BCUT2D eigenvalue weighted by Crippen LogP contribution is -2.44. The molecule has 0 aromatic rings. The lowest BCUT2D eigenvalue weighted by molar-refractivity contribution is 0.178. The molecular formula is C12H28N4. The molecule has 0 aromatic carbocycles. The molecule has 0 radical (unpaired) electrons. The number of hydrogen-bond acceptors (Lipinski definition) is 2. The summed E-state index contributed by atoms with van der Waals surface area (Å²) >= 11 is 0. The summed E-state index contributed by atoms with van der Waals surface area (Å²) in [5.41, 5.74) is 0. The van der Waals surface area contributed by atoms with Crippen LogP contribution in [0.2, 0.25) is 0 Å². The number of aliphatic imine (C=N–C) groups is 1. The first-order valence-electron chi connectivity index (χ1n) is 6.03. The van der Waals surface area contributed by atoms with Crippen molar-refractivity contribution in [2.45, 2.75) is 39.8 Å². The van der Waals surface area contributed by atoms with Gasteiger partial charge >= 0.3 is 0 Å². The highest BCUT2D eigenvalue weighted by molar-refractivity contribution is 5.79. The molecule has 0 rings (SSSR count). The third-order valence-electron chi connectivity index (χ3n) is 2.62. The van der Waals surface area contributed by atoms with Crippen molar-refractivity contribution in [3.8, 4) is 0 Å². The monoisotopic (exact) mass is 228 g/mol. The molecule has 0 atom stereocenters. The van der Waals surface area contributed by atoms with Crippen molar-refractivity contribution in [2.75, 3.05) is 34.2 Å². The van der Waals surface area contributed by atoms with Gasteiger partial charge in [-0.05, 0) is 27.7 Å². The second kappa shape index (κ2) is 7.49. The van der Waals surface area contributed by atoms with Crippen molar-refractivity contribution in [2.24, 2.45) is 4.99 Å². The zero-order chi connectivity index (χ0) is 12.7. The molecule has 0 fully saturated rings. The maximum absolute atomic E-state index is 4.19. The summed E-state index contributed by atoms with van der Waals surface area (Å²) in [4.78, 5) is 8.65. The van der Waals surface area contributed by atoms with Crippen LogP contribution in [0.4, 0.5) is 0 Å². The van der Waals surface area contributed by atoms with Gasteiger partial charge in [-0.15, -0.1) is 0 Å². The Kier molecular flexibility index (Phi) is 7.13. The smallest absolute Gasteiger partial charge is 0.193 e. The van der Waals surface area contributed by atoms with Crippen LogP contribution in [0.15, 0.2) is 4.99 Å². The predicted octanol–water partition coefficient (Wildman–Crippen LogP) is 1.24. The SMILES string of the molecule is CN=C(NCCN(C(C)C)C(C)C)N(C)C. The number of nitrogens with zero attached hydrogens (tertiary/aromatic N) is 3. The highest BCUT2D eigenvalue weighted by Gasteiger charge is 2.12. The van der Waals surface area contributed by atoms with Crippen molar-refractivity contribution >= 4 is 5.96 Å². The zero-order valence-electron chi connectivity index (χ0n) is 11.9. The molecule has 0 amide bonds. The molecule has 0 aliphatic rings. The fourth-order valence-corrected chi connectivity index (χ4v) is 1.85. The highest BCUT2D eigenvalue weighted by atomic mass is 15.3. The standard InChI is InChI=1S/C12H28N4/c1-10(2)16(11(3)4)9-8-14-12(13-5)15(6)7/h10-11H,8-9H2,1-7H3,(H,13,14). The molecule has 4 heteroatoms. The van der Waals surface area contributed by atoms with E-state index in [4.69, 9.17) is 0 Å². The van der Waals surface area contributed by atoms with Crippen molar-refractivity contribution in [3.05, 3.63) is 0 Å². The van der Waals surface area contributed by atoms with E-state index < -0.39 is 0 Å². The molecule has 0 saturated heterocycles. The van der Waals surface area contributed by atoms with Gasteiger partial charge in [-0.3, -0.25) is 9.89 Å². The molecule has 16 heavy (non-hydrogen) atoms. The molecule has 0 heterocycles. The van der Waals surface area contributed by atoms with Crippen LogP contribution in [0.5, 0.6) is 0 Å². The van der Waals surface area contributed by atoms with Crippen LogP contribution in [0.1, 0.15) is 27.7 Å². The van der Waals surface area contributed by atoms with E-state index in [-0.39, 0.29) is 0 Å². The van der Waals surface area contributed by atoms with E-state index in [0.29, 0.717) is 12.1 Å². The Balaban J connectivity index is 4.04. The minimum atomic E-state index is 0.586. The Morgan fingerprint density at radius 1 is 1.12 bits per heavy atom. The summed E-state index contributed by atoms with van der Waals surface area (Å²) in [6.45, 7) is 10.9. The second-order valence-electron chi connectivity index (χ2n) is 4.79. The van der Waals surface area contributed by atoms with Crippen LogP contribution in [0.25, 0.3) is 0 Å². The molecule has 0 bridgehead atoms. The normalized spacial score (nSPS) is 12.8. The molecule has 0 spiro atoms. The fraction of sp³-hybridized carbons (Fsp3) is 0.917. The van der Waals surface area contributed by atoms with E-state index in [1.807, 2.05) is 26.0 Å². The first-order valence-corrected chi connectivity index (χ1v) is 6.03. The summed E-state index contributed by atoms with van der Waals surface area (Å²) in [5, 5.41) is 3.34. The van der Waals surface area contributed by atoms with Gasteiger partial charge in [-0.1, -0.05) is 0 Å². The lowest BCUT2D eigenvalue weighted by Gasteiger charge is -2.31. The van der Waals surface area contributed by atoms with Crippen molar-refractivity contribution in [1.82, 2.24) is 15.1 Å². The van der Waals surface area contributed by atoms with Crippen LogP contribution < -0.4 is 5.32 Å². The molecule has 0 aromatic heterocycles. The first kappa shape index (κ1) is 15.2. The van der Waals surface area contributed by atoms with Crippen LogP contribution in [0, 0.1) is 0 Å². The number of hydrogen-bond donors (Lipinski definition) is 1. The Labute approximate surface area is 101 Å². The Morgan fingerprint density at radius 2 is 1.62 bits per heavy atom. The van der Waals surface area contributed by atoms with Gasteiger partial charge in [-0.2, -0.15) is 0 Å². The van der Waals surface area contributed by atoms with Gasteiger partial charge in [0, 0.05) is 46.3 Å². The first-order chi connectivity index (χ1) is 7.40. The summed E-state index contributed by atoms with van der Waals surface area (Å²) in [5.74, 6) is 0.937. The molecule has 0 saturated carbocycles.